The van der Waals surface area contributed by atoms with Gasteiger partial charge in [0.15, 0.2) is 0 Å². The summed E-state index contributed by atoms with van der Waals surface area (Å²) in [5.41, 5.74) is 2.43. The van der Waals surface area contributed by atoms with E-state index in [2.05, 4.69) is 19.2 Å². The number of amides is 1. The van der Waals surface area contributed by atoms with E-state index >= 15 is 0 Å². The summed E-state index contributed by atoms with van der Waals surface area (Å²) in [5.74, 6) is 0.178. The van der Waals surface area contributed by atoms with Crippen LogP contribution in [0.25, 0.3) is 0 Å². The van der Waals surface area contributed by atoms with Gasteiger partial charge in [0.1, 0.15) is 6.54 Å². The standard InChI is InChI=1S/C19H32N2O3S/c1-6-8-11-17(7-2)13-20-19(22)14-21(25(5,23)24)18-12-9-10-15(3)16(18)4/h9-10,12,17H,6-8,11,13-14H2,1-5H3,(H,20,22)/t17-/m0/s1. The maximum absolute atomic E-state index is 12.3. The van der Waals surface area contributed by atoms with E-state index in [1.807, 2.05) is 26.0 Å². The molecule has 25 heavy (non-hydrogen) atoms. The summed E-state index contributed by atoms with van der Waals surface area (Å²) in [6.45, 7) is 8.48. The van der Waals surface area contributed by atoms with Crippen LogP contribution in [0.3, 0.4) is 0 Å². The molecule has 0 spiro atoms. The van der Waals surface area contributed by atoms with Crippen LogP contribution in [0.1, 0.15) is 50.7 Å². The van der Waals surface area contributed by atoms with E-state index in [0.29, 0.717) is 18.2 Å². The molecule has 1 aromatic rings. The van der Waals surface area contributed by atoms with Crippen molar-refractivity contribution < 1.29 is 13.2 Å². The molecule has 0 radical (unpaired) electrons. The fraction of sp³-hybridized carbons (Fsp3) is 0.632. The fourth-order valence-corrected chi connectivity index (χ4v) is 3.68. The van der Waals surface area contributed by atoms with Crippen LogP contribution >= 0.6 is 0 Å². The predicted octanol–water partition coefficient (Wildman–Crippen LogP) is 3.40. The van der Waals surface area contributed by atoms with Gasteiger partial charge in [-0.2, -0.15) is 0 Å². The summed E-state index contributed by atoms with van der Waals surface area (Å²) < 4.78 is 25.6. The number of carbonyl (C=O) groups excluding carboxylic acids is 1. The van der Waals surface area contributed by atoms with Crippen LogP contribution in [0.15, 0.2) is 18.2 Å². The molecule has 0 aliphatic heterocycles. The summed E-state index contributed by atoms with van der Waals surface area (Å²) in [6, 6.07) is 5.48. The van der Waals surface area contributed by atoms with E-state index in [1.165, 1.54) is 4.31 Å². The van der Waals surface area contributed by atoms with Crippen molar-refractivity contribution in [3.05, 3.63) is 29.3 Å². The molecule has 1 N–H and O–H groups in total. The number of nitrogens with zero attached hydrogens (tertiary/aromatic N) is 1. The number of benzene rings is 1. The minimum atomic E-state index is -3.54. The van der Waals surface area contributed by atoms with Gasteiger partial charge in [-0.3, -0.25) is 9.10 Å². The monoisotopic (exact) mass is 368 g/mol. The first-order chi connectivity index (χ1) is 11.7. The highest BCUT2D eigenvalue weighted by molar-refractivity contribution is 7.92. The molecule has 0 unspecified atom stereocenters. The molecule has 6 heteroatoms. The quantitative estimate of drug-likeness (QED) is 0.688. The first-order valence-electron chi connectivity index (χ1n) is 9.01. The number of sulfonamides is 1. The van der Waals surface area contributed by atoms with Crippen molar-refractivity contribution in [1.29, 1.82) is 0 Å². The number of aryl methyl sites for hydroxylation is 1. The van der Waals surface area contributed by atoms with Crippen molar-refractivity contribution in [3.8, 4) is 0 Å². The largest absolute Gasteiger partial charge is 0.354 e. The molecule has 0 fully saturated rings. The maximum atomic E-state index is 12.3. The molecule has 1 atom stereocenters. The first-order valence-corrected chi connectivity index (χ1v) is 10.9. The second kappa shape index (κ2) is 9.80. The van der Waals surface area contributed by atoms with Crippen LogP contribution in [-0.2, 0) is 14.8 Å². The van der Waals surface area contributed by atoms with Gasteiger partial charge in [-0.1, -0.05) is 45.2 Å². The summed E-state index contributed by atoms with van der Waals surface area (Å²) in [7, 11) is -3.54. The Bertz CT molecular complexity index is 671. The van der Waals surface area contributed by atoms with E-state index in [1.54, 1.807) is 6.07 Å². The second-order valence-corrected chi connectivity index (χ2v) is 8.62. The Morgan fingerprint density at radius 1 is 1.24 bits per heavy atom. The third kappa shape index (κ3) is 6.69. The molecule has 0 aromatic heterocycles. The van der Waals surface area contributed by atoms with Gasteiger partial charge < -0.3 is 5.32 Å². The Balaban J connectivity index is 2.83. The van der Waals surface area contributed by atoms with Gasteiger partial charge in [0.05, 0.1) is 11.9 Å². The Morgan fingerprint density at radius 3 is 2.48 bits per heavy atom. The minimum Gasteiger partial charge on any atom is -0.354 e. The summed E-state index contributed by atoms with van der Waals surface area (Å²) in [4.78, 5) is 12.3. The van der Waals surface area contributed by atoms with Crippen LogP contribution in [0.4, 0.5) is 5.69 Å². The molecule has 0 aliphatic rings. The second-order valence-electron chi connectivity index (χ2n) is 6.71. The molecule has 5 nitrogen and oxygen atoms in total. The number of nitrogens with one attached hydrogen (secondary N) is 1. The average molecular weight is 369 g/mol. The van der Waals surface area contributed by atoms with Crippen molar-refractivity contribution in [1.82, 2.24) is 5.32 Å². The van der Waals surface area contributed by atoms with Crippen LogP contribution in [-0.4, -0.2) is 33.7 Å². The summed E-state index contributed by atoms with van der Waals surface area (Å²) in [5, 5.41) is 2.90. The molecule has 0 heterocycles. The zero-order chi connectivity index (χ0) is 19.0. The van der Waals surface area contributed by atoms with Crippen LogP contribution < -0.4 is 9.62 Å². The number of rotatable bonds is 10. The third-order valence-electron chi connectivity index (χ3n) is 4.66. The predicted molar refractivity (Wildman–Crippen MR) is 104 cm³/mol. The van der Waals surface area contributed by atoms with Crippen molar-refractivity contribution in [2.24, 2.45) is 5.92 Å². The highest BCUT2D eigenvalue weighted by atomic mass is 32.2. The lowest BCUT2D eigenvalue weighted by Gasteiger charge is -2.25. The van der Waals surface area contributed by atoms with Crippen LogP contribution in [0, 0.1) is 19.8 Å². The van der Waals surface area contributed by atoms with Gasteiger partial charge in [0.25, 0.3) is 0 Å². The molecule has 142 valence electrons. The Kier molecular flexibility index (Phi) is 8.42. The maximum Gasteiger partial charge on any atom is 0.240 e. The highest BCUT2D eigenvalue weighted by Gasteiger charge is 2.23. The topological polar surface area (TPSA) is 66.5 Å². The summed E-state index contributed by atoms with van der Waals surface area (Å²) >= 11 is 0. The smallest absolute Gasteiger partial charge is 0.240 e. The van der Waals surface area contributed by atoms with E-state index in [4.69, 9.17) is 0 Å². The minimum absolute atomic E-state index is 0.187. The average Bonchev–Trinajstić information content (AvgIpc) is 2.55. The van der Waals surface area contributed by atoms with Crippen molar-refractivity contribution >= 4 is 21.6 Å². The molecular formula is C19H32N2O3S. The van der Waals surface area contributed by atoms with E-state index in [-0.39, 0.29) is 12.5 Å². The van der Waals surface area contributed by atoms with Gasteiger partial charge >= 0.3 is 0 Å². The van der Waals surface area contributed by atoms with Crippen LogP contribution in [0.5, 0.6) is 0 Å². The number of carbonyl (C=O) groups is 1. The lowest BCUT2D eigenvalue weighted by molar-refractivity contribution is -0.119. The Morgan fingerprint density at radius 2 is 1.92 bits per heavy atom. The lowest BCUT2D eigenvalue weighted by Crippen LogP contribution is -2.42. The summed E-state index contributed by atoms with van der Waals surface area (Å²) in [6.07, 6.45) is 5.51. The molecule has 1 rings (SSSR count). The fourth-order valence-electron chi connectivity index (χ4n) is 2.77. The number of anilines is 1. The Labute approximate surface area is 152 Å². The van der Waals surface area contributed by atoms with Gasteiger partial charge in [-0.05, 0) is 43.4 Å². The van der Waals surface area contributed by atoms with E-state index in [0.717, 1.165) is 43.1 Å². The van der Waals surface area contributed by atoms with Gasteiger partial charge in [0, 0.05) is 6.54 Å². The molecule has 1 amide bonds. The van der Waals surface area contributed by atoms with Gasteiger partial charge in [-0.15, -0.1) is 0 Å². The zero-order valence-electron chi connectivity index (χ0n) is 16.1. The zero-order valence-corrected chi connectivity index (χ0v) is 16.9. The highest BCUT2D eigenvalue weighted by Crippen LogP contribution is 2.24. The SMILES string of the molecule is CCCC[C@H](CC)CNC(=O)CN(c1cccc(C)c1C)S(C)(=O)=O. The first kappa shape index (κ1) is 21.5. The van der Waals surface area contributed by atoms with Crippen LogP contribution in [0.2, 0.25) is 0 Å². The molecule has 1 aromatic carbocycles. The van der Waals surface area contributed by atoms with E-state index in [9.17, 15) is 13.2 Å². The molecule has 0 saturated heterocycles. The van der Waals surface area contributed by atoms with Crippen molar-refractivity contribution in [2.45, 2.75) is 53.4 Å². The molecular weight excluding hydrogens is 336 g/mol. The molecule has 0 saturated carbocycles. The lowest BCUT2D eigenvalue weighted by atomic mass is 9.99. The normalized spacial score (nSPS) is 12.7. The Hall–Kier alpha value is -1.56. The third-order valence-corrected chi connectivity index (χ3v) is 5.79. The molecule has 0 bridgehead atoms. The van der Waals surface area contributed by atoms with Crippen molar-refractivity contribution in [2.75, 3.05) is 23.7 Å². The van der Waals surface area contributed by atoms with Crippen molar-refractivity contribution in [3.63, 3.8) is 0 Å². The van der Waals surface area contributed by atoms with Gasteiger partial charge in [0.2, 0.25) is 15.9 Å². The number of hydrogen-bond donors (Lipinski definition) is 1. The van der Waals surface area contributed by atoms with E-state index < -0.39 is 10.0 Å². The number of unbranched alkanes of at least 4 members (excludes halogenated alkanes) is 1. The number of hydrogen-bond acceptors (Lipinski definition) is 3. The molecule has 0 aliphatic carbocycles. The van der Waals surface area contributed by atoms with Gasteiger partial charge in [-0.25, -0.2) is 8.42 Å².